The van der Waals surface area contributed by atoms with Crippen LogP contribution in [0.4, 0.5) is 0 Å². The molecule has 0 bridgehead atoms. The standard InChI is InChI=1S/C13H19NO/c1-11-4-3-5-13(8-11)10-14-6-7-15-12(2)9-14/h3-5,8,12H,6-7,9-10H2,1-2H3/t12-/m1/s1. The maximum absolute atomic E-state index is 5.53. The molecule has 0 unspecified atom stereocenters. The quantitative estimate of drug-likeness (QED) is 0.734. The third kappa shape index (κ3) is 3.05. The summed E-state index contributed by atoms with van der Waals surface area (Å²) < 4.78 is 5.53. The van der Waals surface area contributed by atoms with E-state index in [1.54, 1.807) is 0 Å². The van der Waals surface area contributed by atoms with Crippen molar-refractivity contribution in [2.45, 2.75) is 26.5 Å². The van der Waals surface area contributed by atoms with Gasteiger partial charge in [0.1, 0.15) is 0 Å². The third-order valence-corrected chi connectivity index (χ3v) is 2.81. The molecule has 2 rings (SSSR count). The average molecular weight is 205 g/mol. The van der Waals surface area contributed by atoms with Gasteiger partial charge in [-0.15, -0.1) is 0 Å². The number of benzene rings is 1. The van der Waals surface area contributed by atoms with Gasteiger partial charge in [-0.2, -0.15) is 0 Å². The molecule has 82 valence electrons. The van der Waals surface area contributed by atoms with Crippen molar-refractivity contribution < 1.29 is 4.74 Å². The van der Waals surface area contributed by atoms with Crippen LogP contribution in [0.2, 0.25) is 0 Å². The number of rotatable bonds is 2. The van der Waals surface area contributed by atoms with Crippen LogP contribution in [0.5, 0.6) is 0 Å². The first-order chi connectivity index (χ1) is 7.24. The van der Waals surface area contributed by atoms with Crippen molar-refractivity contribution >= 4 is 0 Å². The second-order valence-corrected chi connectivity index (χ2v) is 4.41. The van der Waals surface area contributed by atoms with Gasteiger partial charge in [0, 0.05) is 19.6 Å². The second kappa shape index (κ2) is 4.77. The van der Waals surface area contributed by atoms with Crippen LogP contribution in [0.1, 0.15) is 18.1 Å². The Morgan fingerprint density at radius 3 is 3.07 bits per heavy atom. The van der Waals surface area contributed by atoms with Crippen LogP contribution < -0.4 is 0 Å². The first-order valence-corrected chi connectivity index (χ1v) is 5.63. The van der Waals surface area contributed by atoms with E-state index in [1.165, 1.54) is 11.1 Å². The van der Waals surface area contributed by atoms with Crippen molar-refractivity contribution in [3.05, 3.63) is 35.4 Å². The van der Waals surface area contributed by atoms with E-state index in [1.807, 2.05) is 0 Å². The maximum Gasteiger partial charge on any atom is 0.0674 e. The Labute approximate surface area is 91.9 Å². The molecule has 1 saturated heterocycles. The highest BCUT2D eigenvalue weighted by molar-refractivity contribution is 5.22. The normalized spacial score (nSPS) is 22.9. The third-order valence-electron chi connectivity index (χ3n) is 2.81. The number of ether oxygens (including phenoxy) is 1. The summed E-state index contributed by atoms with van der Waals surface area (Å²) in [5.74, 6) is 0. The zero-order valence-electron chi connectivity index (χ0n) is 9.57. The van der Waals surface area contributed by atoms with Crippen LogP contribution >= 0.6 is 0 Å². The molecule has 0 N–H and O–H groups in total. The highest BCUT2D eigenvalue weighted by Crippen LogP contribution is 2.11. The van der Waals surface area contributed by atoms with E-state index in [2.05, 4.69) is 43.0 Å². The van der Waals surface area contributed by atoms with Gasteiger partial charge < -0.3 is 4.74 Å². The molecule has 0 aliphatic carbocycles. The van der Waals surface area contributed by atoms with E-state index in [4.69, 9.17) is 4.74 Å². The fourth-order valence-corrected chi connectivity index (χ4v) is 2.10. The molecule has 1 fully saturated rings. The lowest BCUT2D eigenvalue weighted by Crippen LogP contribution is -2.40. The largest absolute Gasteiger partial charge is 0.376 e. The molecular weight excluding hydrogens is 186 g/mol. The lowest BCUT2D eigenvalue weighted by molar-refractivity contribution is -0.0212. The molecule has 15 heavy (non-hydrogen) atoms. The highest BCUT2D eigenvalue weighted by atomic mass is 16.5. The van der Waals surface area contributed by atoms with Gasteiger partial charge in [-0.25, -0.2) is 0 Å². The second-order valence-electron chi connectivity index (χ2n) is 4.41. The zero-order chi connectivity index (χ0) is 10.7. The first kappa shape index (κ1) is 10.7. The molecule has 0 spiro atoms. The number of hydrogen-bond acceptors (Lipinski definition) is 2. The summed E-state index contributed by atoms with van der Waals surface area (Å²) in [5, 5.41) is 0. The molecule has 1 atom stereocenters. The minimum Gasteiger partial charge on any atom is -0.376 e. The summed E-state index contributed by atoms with van der Waals surface area (Å²) in [6.45, 7) is 8.31. The Morgan fingerprint density at radius 1 is 1.47 bits per heavy atom. The molecule has 0 saturated carbocycles. The number of morpholine rings is 1. The van der Waals surface area contributed by atoms with E-state index in [-0.39, 0.29) is 0 Å². The summed E-state index contributed by atoms with van der Waals surface area (Å²) in [5.41, 5.74) is 2.75. The van der Waals surface area contributed by atoms with Crippen LogP contribution in [0.25, 0.3) is 0 Å². The molecule has 1 heterocycles. The Bertz CT molecular complexity index is 324. The molecule has 2 nitrogen and oxygen atoms in total. The van der Waals surface area contributed by atoms with Crippen LogP contribution in [-0.4, -0.2) is 30.7 Å². The van der Waals surface area contributed by atoms with Gasteiger partial charge in [0.05, 0.1) is 12.7 Å². The number of nitrogens with zero attached hydrogens (tertiary/aromatic N) is 1. The molecule has 2 heteroatoms. The Kier molecular flexibility index (Phi) is 3.39. The molecule has 0 radical (unpaired) electrons. The molecule has 1 aromatic carbocycles. The summed E-state index contributed by atoms with van der Waals surface area (Å²) >= 11 is 0. The molecule has 1 aliphatic heterocycles. The number of aryl methyl sites for hydroxylation is 1. The van der Waals surface area contributed by atoms with Crippen molar-refractivity contribution in [2.75, 3.05) is 19.7 Å². The van der Waals surface area contributed by atoms with Crippen LogP contribution in [-0.2, 0) is 11.3 Å². The van der Waals surface area contributed by atoms with E-state index in [0.29, 0.717) is 6.10 Å². The lowest BCUT2D eigenvalue weighted by Gasteiger charge is -2.31. The molecule has 0 amide bonds. The van der Waals surface area contributed by atoms with Crippen molar-refractivity contribution in [2.24, 2.45) is 0 Å². The van der Waals surface area contributed by atoms with Gasteiger partial charge in [-0.1, -0.05) is 29.8 Å². The Balaban J connectivity index is 1.96. The molecule has 1 aliphatic rings. The van der Waals surface area contributed by atoms with Crippen LogP contribution in [0.3, 0.4) is 0 Å². The SMILES string of the molecule is Cc1cccc(CN2CCO[C@H](C)C2)c1. The van der Waals surface area contributed by atoms with Crippen molar-refractivity contribution in [1.82, 2.24) is 4.90 Å². The van der Waals surface area contributed by atoms with Crippen molar-refractivity contribution in [3.8, 4) is 0 Å². The summed E-state index contributed by atoms with van der Waals surface area (Å²) in [7, 11) is 0. The minimum atomic E-state index is 0.378. The molecule has 0 aromatic heterocycles. The van der Waals surface area contributed by atoms with Gasteiger partial charge in [0.25, 0.3) is 0 Å². The lowest BCUT2D eigenvalue weighted by atomic mass is 10.1. The average Bonchev–Trinajstić information content (AvgIpc) is 2.17. The van der Waals surface area contributed by atoms with E-state index in [0.717, 1.165) is 26.2 Å². The predicted molar refractivity (Wildman–Crippen MR) is 61.9 cm³/mol. The van der Waals surface area contributed by atoms with Crippen LogP contribution in [0.15, 0.2) is 24.3 Å². The first-order valence-electron chi connectivity index (χ1n) is 5.63. The Hall–Kier alpha value is -0.860. The summed E-state index contributed by atoms with van der Waals surface area (Å²) in [4.78, 5) is 2.46. The Morgan fingerprint density at radius 2 is 2.33 bits per heavy atom. The molecular formula is C13H19NO. The van der Waals surface area contributed by atoms with Gasteiger partial charge in [-0.05, 0) is 19.4 Å². The highest BCUT2D eigenvalue weighted by Gasteiger charge is 2.16. The van der Waals surface area contributed by atoms with Crippen molar-refractivity contribution in [1.29, 1.82) is 0 Å². The molecule has 1 aromatic rings. The topological polar surface area (TPSA) is 12.5 Å². The minimum absolute atomic E-state index is 0.378. The van der Waals surface area contributed by atoms with Gasteiger partial charge >= 0.3 is 0 Å². The summed E-state index contributed by atoms with van der Waals surface area (Å²) in [6, 6.07) is 8.74. The van der Waals surface area contributed by atoms with Gasteiger partial charge in [0.15, 0.2) is 0 Å². The van der Waals surface area contributed by atoms with E-state index < -0.39 is 0 Å². The summed E-state index contributed by atoms with van der Waals surface area (Å²) in [6.07, 6.45) is 0.378. The smallest absolute Gasteiger partial charge is 0.0674 e. The van der Waals surface area contributed by atoms with E-state index >= 15 is 0 Å². The van der Waals surface area contributed by atoms with Gasteiger partial charge in [-0.3, -0.25) is 4.90 Å². The number of hydrogen-bond donors (Lipinski definition) is 0. The zero-order valence-corrected chi connectivity index (χ0v) is 9.57. The van der Waals surface area contributed by atoms with E-state index in [9.17, 15) is 0 Å². The monoisotopic (exact) mass is 205 g/mol. The van der Waals surface area contributed by atoms with Crippen LogP contribution in [0, 0.1) is 6.92 Å². The fraction of sp³-hybridized carbons (Fsp3) is 0.538. The maximum atomic E-state index is 5.53. The van der Waals surface area contributed by atoms with Gasteiger partial charge in [0.2, 0.25) is 0 Å². The van der Waals surface area contributed by atoms with Crippen molar-refractivity contribution in [3.63, 3.8) is 0 Å². The fourth-order valence-electron chi connectivity index (χ4n) is 2.10. The predicted octanol–water partition coefficient (Wildman–Crippen LogP) is 2.22.